The number of nitrogens with one attached hydrogen (secondary N) is 1. The van der Waals surface area contributed by atoms with Gasteiger partial charge in [0, 0.05) is 61.7 Å². The lowest BCUT2D eigenvalue weighted by molar-refractivity contribution is -0.384. The number of fused-ring (bicyclic) bond motifs is 8. The van der Waals surface area contributed by atoms with Crippen LogP contribution in [0.1, 0.15) is 29.4 Å². The van der Waals surface area contributed by atoms with Crippen molar-refractivity contribution in [3.8, 4) is 0 Å². The second kappa shape index (κ2) is 8.03. The van der Waals surface area contributed by atoms with Crippen LogP contribution in [0.3, 0.4) is 0 Å². The maximum Gasteiger partial charge on any atom is 0.269 e. The molecule has 1 fully saturated rings. The Labute approximate surface area is 200 Å². The Hall–Kier alpha value is -4.02. The monoisotopic (exact) mass is 475 g/mol. The Morgan fingerprint density at radius 2 is 2.11 bits per heavy atom. The summed E-state index contributed by atoms with van der Waals surface area (Å²) in [4.78, 5) is 43.6. The molecule has 1 amide bonds. The number of aromatic nitrogens is 4. The molecule has 2 bridgehead atoms. The molecule has 11 nitrogen and oxygen atoms in total. The van der Waals surface area contributed by atoms with Gasteiger partial charge in [0.05, 0.1) is 17.4 Å². The number of nitrogens with zero attached hydrogens (tertiary/aromatic N) is 6. The summed E-state index contributed by atoms with van der Waals surface area (Å²) in [7, 11) is 1.77. The molecule has 1 N–H and O–H groups in total. The van der Waals surface area contributed by atoms with Crippen molar-refractivity contribution in [3.63, 3.8) is 0 Å². The number of pyridine rings is 1. The van der Waals surface area contributed by atoms with Crippen LogP contribution in [-0.2, 0) is 31.4 Å². The molecule has 3 aromatic rings. The molecule has 0 spiro atoms. The van der Waals surface area contributed by atoms with Gasteiger partial charge < -0.3 is 14.8 Å². The van der Waals surface area contributed by atoms with E-state index in [0.717, 1.165) is 23.4 Å². The van der Waals surface area contributed by atoms with Crippen molar-refractivity contribution in [2.45, 2.75) is 37.9 Å². The SMILES string of the molecule is Cn1cnc(CNC(=O)[C@@H]2Cc3cc([N+](=O)[O-])ccc3N3CC4CC(Cn5c4cccc5=O)[C@@H]23)n1. The number of rotatable bonds is 4. The van der Waals surface area contributed by atoms with Crippen LogP contribution in [0.4, 0.5) is 11.4 Å². The number of carbonyl (C=O) groups excluding carboxylic acids is 1. The van der Waals surface area contributed by atoms with Crippen LogP contribution in [0, 0.1) is 22.0 Å². The van der Waals surface area contributed by atoms with E-state index in [1.165, 1.54) is 6.07 Å². The van der Waals surface area contributed by atoms with Gasteiger partial charge in [-0.1, -0.05) is 6.07 Å². The summed E-state index contributed by atoms with van der Waals surface area (Å²) >= 11 is 0. The molecule has 0 saturated carbocycles. The van der Waals surface area contributed by atoms with E-state index in [1.807, 2.05) is 16.7 Å². The molecule has 1 saturated heterocycles. The van der Waals surface area contributed by atoms with Gasteiger partial charge in [-0.2, -0.15) is 5.10 Å². The average Bonchev–Trinajstić information content (AvgIpc) is 3.27. The van der Waals surface area contributed by atoms with E-state index in [1.54, 1.807) is 36.3 Å². The average molecular weight is 476 g/mol. The normalized spacial score (nSPS) is 24.2. The quantitative estimate of drug-likeness (QED) is 0.446. The number of nitro benzene ring substituents is 1. The highest BCUT2D eigenvalue weighted by molar-refractivity contribution is 5.82. The molecular weight excluding hydrogens is 450 g/mol. The fourth-order valence-electron chi connectivity index (χ4n) is 6.21. The highest BCUT2D eigenvalue weighted by atomic mass is 16.6. The van der Waals surface area contributed by atoms with E-state index in [9.17, 15) is 19.7 Å². The predicted octanol–water partition coefficient (Wildman–Crippen LogP) is 1.37. The summed E-state index contributed by atoms with van der Waals surface area (Å²) in [6, 6.07) is 10.2. The van der Waals surface area contributed by atoms with E-state index in [0.29, 0.717) is 25.3 Å². The minimum absolute atomic E-state index is 0.0142. The first kappa shape index (κ1) is 21.5. The van der Waals surface area contributed by atoms with E-state index < -0.39 is 10.8 Å². The number of piperidine rings is 1. The predicted molar refractivity (Wildman–Crippen MR) is 126 cm³/mol. The van der Waals surface area contributed by atoms with Crippen LogP contribution >= 0.6 is 0 Å². The molecule has 0 aliphatic carbocycles. The number of hydrogen-bond acceptors (Lipinski definition) is 7. The molecule has 1 aromatic carbocycles. The molecule has 0 radical (unpaired) electrons. The summed E-state index contributed by atoms with van der Waals surface area (Å²) in [6.45, 7) is 1.42. The van der Waals surface area contributed by atoms with Gasteiger partial charge in [-0.25, -0.2) is 4.98 Å². The van der Waals surface area contributed by atoms with Crippen molar-refractivity contribution >= 4 is 17.3 Å². The van der Waals surface area contributed by atoms with Crippen LogP contribution in [0.5, 0.6) is 0 Å². The highest BCUT2D eigenvalue weighted by Crippen LogP contribution is 2.47. The number of benzene rings is 1. The Morgan fingerprint density at radius 3 is 2.89 bits per heavy atom. The zero-order chi connectivity index (χ0) is 24.3. The number of hydrogen-bond donors (Lipinski definition) is 1. The molecule has 35 heavy (non-hydrogen) atoms. The summed E-state index contributed by atoms with van der Waals surface area (Å²) in [5, 5.41) is 18.6. The zero-order valence-corrected chi connectivity index (χ0v) is 19.2. The topological polar surface area (TPSA) is 128 Å². The van der Waals surface area contributed by atoms with Gasteiger partial charge in [0.25, 0.3) is 11.2 Å². The van der Waals surface area contributed by atoms with Crippen molar-refractivity contribution in [2.75, 3.05) is 11.4 Å². The molecule has 5 heterocycles. The van der Waals surface area contributed by atoms with Crippen molar-refractivity contribution in [3.05, 3.63) is 80.3 Å². The second-order valence-corrected chi connectivity index (χ2v) is 9.67. The number of carbonyl (C=O) groups is 1. The Kier molecular flexibility index (Phi) is 4.94. The molecule has 3 aliphatic rings. The van der Waals surface area contributed by atoms with E-state index in [-0.39, 0.29) is 41.6 Å². The molecule has 3 aliphatic heterocycles. The van der Waals surface area contributed by atoms with Crippen LogP contribution in [0.25, 0.3) is 0 Å². The van der Waals surface area contributed by atoms with Crippen molar-refractivity contribution in [1.82, 2.24) is 24.6 Å². The fourth-order valence-corrected chi connectivity index (χ4v) is 6.21. The smallest absolute Gasteiger partial charge is 0.269 e. The Morgan fingerprint density at radius 1 is 1.26 bits per heavy atom. The van der Waals surface area contributed by atoms with Gasteiger partial charge in [-0.15, -0.1) is 0 Å². The van der Waals surface area contributed by atoms with Gasteiger partial charge in [0.2, 0.25) is 5.91 Å². The molecular formula is C24H25N7O4. The van der Waals surface area contributed by atoms with Gasteiger partial charge in [-0.05, 0) is 36.5 Å². The molecule has 180 valence electrons. The van der Waals surface area contributed by atoms with Crippen molar-refractivity contribution in [2.24, 2.45) is 18.9 Å². The number of aryl methyl sites for hydroxylation is 1. The highest BCUT2D eigenvalue weighted by Gasteiger charge is 2.49. The molecule has 2 aromatic heterocycles. The zero-order valence-electron chi connectivity index (χ0n) is 19.2. The first-order valence-electron chi connectivity index (χ1n) is 11.7. The molecule has 2 unspecified atom stereocenters. The third-order valence-electron chi connectivity index (χ3n) is 7.61. The maximum atomic E-state index is 13.5. The third kappa shape index (κ3) is 3.58. The summed E-state index contributed by atoms with van der Waals surface area (Å²) in [6.07, 6.45) is 2.88. The van der Waals surface area contributed by atoms with Crippen LogP contribution in [0.2, 0.25) is 0 Å². The minimum atomic E-state index is -0.417. The molecule has 11 heteroatoms. The van der Waals surface area contributed by atoms with Gasteiger partial charge >= 0.3 is 0 Å². The largest absolute Gasteiger partial charge is 0.366 e. The van der Waals surface area contributed by atoms with Crippen molar-refractivity contribution in [1.29, 1.82) is 0 Å². The van der Waals surface area contributed by atoms with Crippen LogP contribution in [-0.4, -0.2) is 42.7 Å². The lowest BCUT2D eigenvalue weighted by Gasteiger charge is -2.54. The molecule has 4 atom stereocenters. The summed E-state index contributed by atoms with van der Waals surface area (Å²) < 4.78 is 3.44. The number of nitro groups is 1. The lowest BCUT2D eigenvalue weighted by atomic mass is 9.70. The first-order valence-corrected chi connectivity index (χ1v) is 11.7. The number of non-ortho nitro benzene ring substituents is 1. The second-order valence-electron chi connectivity index (χ2n) is 9.67. The Bertz CT molecular complexity index is 1400. The minimum Gasteiger partial charge on any atom is -0.366 e. The maximum absolute atomic E-state index is 13.5. The summed E-state index contributed by atoms with van der Waals surface area (Å²) in [5.41, 5.74) is 2.77. The third-order valence-corrected chi connectivity index (χ3v) is 7.61. The Balaban J connectivity index is 1.38. The van der Waals surface area contributed by atoms with Crippen molar-refractivity contribution < 1.29 is 9.72 Å². The lowest BCUT2D eigenvalue weighted by Crippen LogP contribution is -2.61. The van der Waals surface area contributed by atoms with Gasteiger partial charge in [0.15, 0.2) is 5.82 Å². The fraction of sp³-hybridized carbons (Fsp3) is 0.417. The standard InChI is InChI=1S/C24H25N7O4/c1-28-13-26-21(27-28)10-25-24(33)18-9-14-8-17(31(34)35)5-6-20(14)30-11-15-7-16(23(18)30)12-29-19(15)3-2-4-22(29)32/h2-6,8,13,15-16,18,23H,7,9-12H2,1H3,(H,25,33)/t15?,16?,18-,23+/m1/s1. The van der Waals surface area contributed by atoms with Crippen LogP contribution < -0.4 is 15.8 Å². The number of anilines is 1. The van der Waals surface area contributed by atoms with E-state index in [2.05, 4.69) is 20.3 Å². The number of amides is 1. The van der Waals surface area contributed by atoms with Crippen LogP contribution in [0.15, 0.2) is 47.5 Å². The first-order chi connectivity index (χ1) is 16.9. The van der Waals surface area contributed by atoms with Gasteiger partial charge in [-0.3, -0.25) is 24.4 Å². The molecule has 6 rings (SSSR count). The van der Waals surface area contributed by atoms with E-state index in [4.69, 9.17) is 0 Å². The van der Waals surface area contributed by atoms with Gasteiger partial charge in [0.1, 0.15) is 6.33 Å². The van der Waals surface area contributed by atoms with E-state index >= 15 is 0 Å². The summed E-state index contributed by atoms with van der Waals surface area (Å²) in [5.74, 6) is 0.232.